The van der Waals surface area contributed by atoms with Crippen LogP contribution in [0.1, 0.15) is 95.0 Å². The summed E-state index contributed by atoms with van der Waals surface area (Å²) in [7, 11) is 1.33. The summed E-state index contributed by atoms with van der Waals surface area (Å²) in [5.41, 5.74) is -3.45. The quantitative estimate of drug-likeness (QED) is 0.196. The number of nitrogens with one attached hydrogen (secondary N) is 2. The number of carbonyl (C=O) groups excluding carboxylic acids is 5. The number of rotatable bonds is 8. The van der Waals surface area contributed by atoms with Crippen molar-refractivity contribution in [3.63, 3.8) is 0 Å². The number of hydrogen-bond donors (Lipinski definition) is 6. The molecule has 3 aliphatic rings. The number of Topliss-reactive ketones (excluding diaryl/α,β-unsaturated/α-hetero) is 1. The summed E-state index contributed by atoms with van der Waals surface area (Å²) < 4.78 is 11.7. The lowest BCUT2D eigenvalue weighted by Gasteiger charge is -2.41. The minimum atomic E-state index is -2.22. The lowest BCUT2D eigenvalue weighted by Crippen LogP contribution is -2.50. The first-order chi connectivity index (χ1) is 21.3. The van der Waals surface area contributed by atoms with Crippen LogP contribution < -0.4 is 15.4 Å². The molecule has 0 heterocycles. The summed E-state index contributed by atoms with van der Waals surface area (Å²) in [4.78, 5) is 64.2. The first-order valence-electron chi connectivity index (χ1n) is 14.8. The Hall–Kier alpha value is -4.33. The fourth-order valence-corrected chi connectivity index (χ4v) is 6.72. The number of ether oxygens (including phenoxy) is 2. The molecule has 2 unspecified atom stereocenters. The van der Waals surface area contributed by atoms with E-state index in [0.29, 0.717) is 25.7 Å². The third-order valence-electron chi connectivity index (χ3n) is 8.88. The third kappa shape index (κ3) is 5.67. The zero-order chi connectivity index (χ0) is 32.8. The van der Waals surface area contributed by atoms with E-state index in [4.69, 9.17) is 9.47 Å². The number of aromatic hydroxyl groups is 2. The maximum atomic E-state index is 13.8. The molecule has 13 nitrogen and oxygen atoms in total. The van der Waals surface area contributed by atoms with Gasteiger partial charge in [-0.15, -0.1) is 0 Å². The molecule has 13 heteroatoms. The monoisotopic (exact) mass is 624 g/mol. The van der Waals surface area contributed by atoms with Gasteiger partial charge < -0.3 is 40.5 Å². The fraction of sp³-hybridized carbons (Fsp3) is 0.469. The Labute approximate surface area is 258 Å². The third-order valence-corrected chi connectivity index (χ3v) is 8.88. The van der Waals surface area contributed by atoms with Gasteiger partial charge in [0.1, 0.15) is 35.5 Å². The lowest BCUT2D eigenvalue weighted by molar-refractivity contribution is -0.150. The molecule has 5 rings (SSSR count). The largest absolute Gasteiger partial charge is 0.507 e. The Balaban J connectivity index is 1.54. The molecule has 6 N–H and O–H groups in total. The van der Waals surface area contributed by atoms with Crippen molar-refractivity contribution >= 4 is 29.2 Å². The lowest BCUT2D eigenvalue weighted by atomic mass is 9.71. The highest BCUT2D eigenvalue weighted by Crippen LogP contribution is 2.52. The highest BCUT2D eigenvalue weighted by Gasteiger charge is 2.49. The number of hydrogen-bond acceptors (Lipinski definition) is 11. The normalized spacial score (nSPS) is 24.5. The van der Waals surface area contributed by atoms with Crippen molar-refractivity contribution in [3.8, 4) is 17.2 Å². The van der Waals surface area contributed by atoms with Crippen LogP contribution in [0.5, 0.6) is 17.2 Å². The van der Waals surface area contributed by atoms with Gasteiger partial charge in [-0.3, -0.25) is 24.0 Å². The standard InChI is InChI=1S/C32H36N2O11/c1-14(33-15(2)36)31(42)34-16-6-4-7-17(10-16)45-21-12-32(43,22(37)13-35)11-19-24(21)30(41)26-25(28(19)39)27(38)18-8-5-9-20(44-3)23(18)29(26)40/h5,8-9,14,16-17,21,35,39,41,43H,4,6-7,10-13H2,1-3H3,(H,33,36)(H,34,42)/t14-,16?,17?,21-,32+/m0/s1. The number of aliphatic hydroxyl groups is 2. The highest BCUT2D eigenvalue weighted by molar-refractivity contribution is 6.31. The smallest absolute Gasteiger partial charge is 0.242 e. The molecule has 45 heavy (non-hydrogen) atoms. The Morgan fingerprint density at radius 1 is 1.07 bits per heavy atom. The van der Waals surface area contributed by atoms with Gasteiger partial charge in [0.05, 0.1) is 36.0 Å². The molecule has 0 saturated heterocycles. The van der Waals surface area contributed by atoms with Crippen LogP contribution in [0.3, 0.4) is 0 Å². The summed E-state index contributed by atoms with van der Waals surface area (Å²) in [6, 6.07) is 3.30. The number of ketones is 3. The van der Waals surface area contributed by atoms with Crippen molar-refractivity contribution in [2.45, 2.75) is 82.3 Å². The van der Waals surface area contributed by atoms with Crippen LogP contribution in [0.15, 0.2) is 18.2 Å². The molecule has 0 radical (unpaired) electrons. The van der Waals surface area contributed by atoms with Crippen molar-refractivity contribution in [1.82, 2.24) is 10.6 Å². The summed E-state index contributed by atoms with van der Waals surface area (Å²) in [6.45, 7) is 1.86. The number of amides is 2. The van der Waals surface area contributed by atoms with Crippen LogP contribution >= 0.6 is 0 Å². The summed E-state index contributed by atoms with van der Waals surface area (Å²) in [6.07, 6.45) is -0.670. The van der Waals surface area contributed by atoms with Gasteiger partial charge in [0.15, 0.2) is 11.6 Å². The van der Waals surface area contributed by atoms with E-state index >= 15 is 0 Å². The average molecular weight is 625 g/mol. The SMILES string of the molecule is COc1cccc2c1C(=O)c1c(O)c3c(c(O)c1C2=O)C[C@](O)(C(=O)CO)C[C@@H]3OC1CCCC(NC(=O)[C@H](C)NC(C)=O)C1. The Bertz CT molecular complexity index is 1600. The molecule has 0 aromatic heterocycles. The van der Waals surface area contributed by atoms with E-state index < -0.39 is 83.3 Å². The van der Waals surface area contributed by atoms with Crippen LogP contribution in [-0.2, 0) is 25.5 Å². The number of fused-ring (bicyclic) bond motifs is 3. The van der Waals surface area contributed by atoms with Crippen molar-refractivity contribution in [3.05, 3.63) is 51.6 Å². The maximum Gasteiger partial charge on any atom is 0.242 e. The molecule has 0 aliphatic heterocycles. The summed E-state index contributed by atoms with van der Waals surface area (Å²) in [5, 5.41) is 49.6. The van der Waals surface area contributed by atoms with Crippen LogP contribution in [0.2, 0.25) is 0 Å². The van der Waals surface area contributed by atoms with Crippen LogP contribution in [0, 0.1) is 0 Å². The molecule has 5 atom stereocenters. The van der Waals surface area contributed by atoms with E-state index in [1.807, 2.05) is 0 Å². The van der Waals surface area contributed by atoms with Crippen LogP contribution in [0.25, 0.3) is 0 Å². The van der Waals surface area contributed by atoms with E-state index in [1.165, 1.54) is 32.2 Å². The molecule has 1 fully saturated rings. The average Bonchev–Trinajstić information content (AvgIpc) is 3.00. The minimum Gasteiger partial charge on any atom is -0.507 e. The van der Waals surface area contributed by atoms with Gasteiger partial charge in [-0.05, 0) is 38.7 Å². The molecule has 2 aromatic carbocycles. The van der Waals surface area contributed by atoms with Gasteiger partial charge in [0.2, 0.25) is 17.6 Å². The number of carbonyl (C=O) groups is 5. The fourth-order valence-electron chi connectivity index (χ4n) is 6.72. The van der Waals surface area contributed by atoms with Crippen molar-refractivity contribution < 1.29 is 53.9 Å². The molecular formula is C32H36N2O11. The van der Waals surface area contributed by atoms with E-state index in [2.05, 4.69) is 10.6 Å². The van der Waals surface area contributed by atoms with Crippen molar-refractivity contribution in [1.29, 1.82) is 0 Å². The maximum absolute atomic E-state index is 13.8. The number of benzene rings is 2. The predicted octanol–water partition coefficient (Wildman–Crippen LogP) is 1.13. The number of aliphatic hydroxyl groups excluding tert-OH is 1. The van der Waals surface area contributed by atoms with Gasteiger partial charge >= 0.3 is 0 Å². The van der Waals surface area contributed by atoms with Crippen LogP contribution in [-0.4, -0.2) is 87.1 Å². The van der Waals surface area contributed by atoms with Gasteiger partial charge in [-0.25, -0.2) is 0 Å². The van der Waals surface area contributed by atoms with Gasteiger partial charge in [-0.2, -0.15) is 0 Å². The van der Waals surface area contributed by atoms with Gasteiger partial charge in [0.25, 0.3) is 0 Å². The molecule has 1 saturated carbocycles. The molecule has 2 aromatic rings. The van der Waals surface area contributed by atoms with E-state index in [9.17, 15) is 44.4 Å². The first-order valence-corrected chi connectivity index (χ1v) is 14.8. The summed E-state index contributed by atoms with van der Waals surface area (Å²) >= 11 is 0. The van der Waals surface area contributed by atoms with E-state index in [-0.39, 0.29) is 45.9 Å². The highest BCUT2D eigenvalue weighted by atomic mass is 16.5. The Morgan fingerprint density at radius 2 is 1.78 bits per heavy atom. The van der Waals surface area contributed by atoms with Crippen molar-refractivity contribution in [2.75, 3.05) is 13.7 Å². The molecule has 3 aliphatic carbocycles. The number of phenols is 2. The molecular weight excluding hydrogens is 588 g/mol. The second-order valence-corrected chi connectivity index (χ2v) is 11.9. The van der Waals surface area contributed by atoms with Gasteiger partial charge in [-0.1, -0.05) is 12.1 Å². The molecule has 0 spiro atoms. The number of phenolic OH excluding ortho intramolecular Hbond substituents is 2. The first kappa shape index (κ1) is 32.1. The van der Waals surface area contributed by atoms with Crippen LogP contribution in [0.4, 0.5) is 0 Å². The summed E-state index contributed by atoms with van der Waals surface area (Å²) in [5.74, 6) is -4.39. The zero-order valence-corrected chi connectivity index (χ0v) is 25.1. The topological polar surface area (TPSA) is 209 Å². The molecule has 2 amide bonds. The Kier molecular flexibility index (Phi) is 8.71. The molecule has 0 bridgehead atoms. The number of methoxy groups -OCH3 is 1. The van der Waals surface area contributed by atoms with Gasteiger partial charge in [0, 0.05) is 42.5 Å². The minimum absolute atomic E-state index is 0.0464. The second kappa shape index (κ2) is 12.2. The Morgan fingerprint density at radius 3 is 2.44 bits per heavy atom. The zero-order valence-electron chi connectivity index (χ0n) is 25.1. The molecule has 240 valence electrons. The van der Waals surface area contributed by atoms with Crippen molar-refractivity contribution in [2.24, 2.45) is 0 Å². The van der Waals surface area contributed by atoms with E-state index in [0.717, 1.165) is 0 Å². The predicted molar refractivity (Wildman–Crippen MR) is 156 cm³/mol. The van der Waals surface area contributed by atoms with E-state index in [1.54, 1.807) is 6.92 Å². The second-order valence-electron chi connectivity index (χ2n) is 11.9.